The second-order valence-corrected chi connectivity index (χ2v) is 9.67. The minimum Gasteiger partial charge on any atom is -0.352 e. The maximum Gasteiger partial charge on any atom is 0.312 e. The van der Waals surface area contributed by atoms with Crippen LogP contribution in [0.4, 0.5) is 4.79 Å². The van der Waals surface area contributed by atoms with Gasteiger partial charge < -0.3 is 11.1 Å². The molecule has 1 heterocycles. The predicted octanol–water partition coefficient (Wildman–Crippen LogP) is 3.68. The molecule has 1 saturated heterocycles. The molecule has 2 amide bonds. The van der Waals surface area contributed by atoms with Crippen LogP contribution in [0.1, 0.15) is 69.3 Å². The van der Waals surface area contributed by atoms with E-state index in [1.165, 1.54) is 32.1 Å². The van der Waals surface area contributed by atoms with Gasteiger partial charge in [0.2, 0.25) is 0 Å². The second-order valence-electron chi connectivity index (χ2n) is 7.93. The van der Waals surface area contributed by atoms with E-state index in [0.29, 0.717) is 5.25 Å². The summed E-state index contributed by atoms with van der Waals surface area (Å²) in [4.78, 5) is 10.6. The molecule has 1 aromatic carbocycles. The van der Waals surface area contributed by atoms with E-state index in [1.54, 1.807) is 5.56 Å². The van der Waals surface area contributed by atoms with Gasteiger partial charge in [-0.05, 0) is 50.0 Å². The lowest BCUT2D eigenvalue weighted by Crippen LogP contribution is -2.47. The SMILES string of the molecule is NC(=O)NC1CCN(S(=O)C2CC2)CC1.c1ccc(C2CCCCC2)cc1. The number of benzene rings is 1. The number of urea groups is 1. The van der Waals surface area contributed by atoms with Crippen molar-refractivity contribution in [1.82, 2.24) is 9.62 Å². The topological polar surface area (TPSA) is 75.4 Å². The number of hydrogen-bond acceptors (Lipinski definition) is 2. The lowest BCUT2D eigenvalue weighted by molar-refractivity contribution is 0.236. The highest BCUT2D eigenvalue weighted by atomic mass is 32.2. The fourth-order valence-corrected chi connectivity index (χ4v) is 5.55. The smallest absolute Gasteiger partial charge is 0.312 e. The number of carbonyl (C=O) groups excluding carboxylic acids is 1. The maximum atomic E-state index is 11.8. The number of amides is 2. The van der Waals surface area contributed by atoms with Crippen molar-refractivity contribution in [2.24, 2.45) is 5.73 Å². The summed E-state index contributed by atoms with van der Waals surface area (Å²) in [6.45, 7) is 1.60. The third kappa shape index (κ3) is 6.61. The van der Waals surface area contributed by atoms with Crippen LogP contribution in [-0.4, -0.2) is 38.9 Å². The highest BCUT2D eigenvalue weighted by Gasteiger charge is 2.34. The van der Waals surface area contributed by atoms with Gasteiger partial charge in [-0.1, -0.05) is 49.6 Å². The van der Waals surface area contributed by atoms with E-state index in [0.717, 1.165) is 44.7 Å². The number of nitrogens with zero attached hydrogens (tertiary/aromatic N) is 1. The van der Waals surface area contributed by atoms with Gasteiger partial charge in [0, 0.05) is 24.4 Å². The van der Waals surface area contributed by atoms with Gasteiger partial charge in [-0.15, -0.1) is 0 Å². The molecular weight excluding hydrogens is 358 g/mol. The molecule has 0 bridgehead atoms. The first kappa shape index (κ1) is 20.3. The lowest BCUT2D eigenvalue weighted by atomic mass is 9.84. The van der Waals surface area contributed by atoms with Crippen molar-refractivity contribution in [2.45, 2.75) is 75.0 Å². The zero-order valence-electron chi connectivity index (χ0n) is 16.1. The highest BCUT2D eigenvalue weighted by Crippen LogP contribution is 2.32. The Morgan fingerprint density at radius 2 is 1.59 bits per heavy atom. The van der Waals surface area contributed by atoms with Crippen molar-refractivity contribution in [3.63, 3.8) is 0 Å². The molecule has 0 aromatic heterocycles. The Balaban J connectivity index is 0.000000159. The molecule has 3 fully saturated rings. The fraction of sp³-hybridized carbons (Fsp3) is 0.667. The molecule has 1 aliphatic heterocycles. The van der Waals surface area contributed by atoms with Crippen LogP contribution in [0.2, 0.25) is 0 Å². The summed E-state index contributed by atoms with van der Waals surface area (Å²) in [6, 6.07) is 10.7. The Labute approximate surface area is 165 Å². The predicted molar refractivity (Wildman–Crippen MR) is 111 cm³/mol. The number of hydrogen-bond donors (Lipinski definition) is 2. The van der Waals surface area contributed by atoms with Gasteiger partial charge in [0.1, 0.15) is 0 Å². The molecule has 4 rings (SSSR count). The minimum atomic E-state index is -0.785. The first-order chi connectivity index (χ1) is 13.1. The number of rotatable bonds is 4. The van der Waals surface area contributed by atoms with E-state index in [4.69, 9.17) is 5.73 Å². The number of piperidine rings is 1. The molecule has 0 radical (unpaired) electrons. The maximum absolute atomic E-state index is 11.8. The van der Waals surface area contributed by atoms with Crippen molar-refractivity contribution in [3.05, 3.63) is 35.9 Å². The molecule has 1 atom stereocenters. The number of nitrogens with two attached hydrogens (primary N) is 1. The molecule has 2 aliphatic carbocycles. The summed E-state index contributed by atoms with van der Waals surface area (Å²) in [7, 11) is -0.785. The van der Waals surface area contributed by atoms with Gasteiger partial charge in [0.15, 0.2) is 0 Å². The molecule has 1 unspecified atom stereocenters. The molecule has 1 aromatic rings. The first-order valence-electron chi connectivity index (χ1n) is 10.4. The van der Waals surface area contributed by atoms with Crippen LogP contribution in [0.25, 0.3) is 0 Å². The summed E-state index contributed by atoms with van der Waals surface area (Å²) in [6.07, 6.45) is 11.0. The van der Waals surface area contributed by atoms with E-state index in [9.17, 15) is 9.00 Å². The third-order valence-corrected chi connectivity index (χ3v) is 7.66. The highest BCUT2D eigenvalue weighted by molar-refractivity contribution is 7.83. The summed E-state index contributed by atoms with van der Waals surface area (Å²) < 4.78 is 13.8. The van der Waals surface area contributed by atoms with Gasteiger partial charge in [0.25, 0.3) is 0 Å². The fourth-order valence-electron chi connectivity index (χ4n) is 4.02. The molecule has 3 aliphatic rings. The lowest BCUT2D eigenvalue weighted by Gasteiger charge is -2.30. The monoisotopic (exact) mass is 391 g/mol. The van der Waals surface area contributed by atoms with Crippen molar-refractivity contribution < 1.29 is 9.00 Å². The molecule has 6 heteroatoms. The van der Waals surface area contributed by atoms with Crippen LogP contribution in [0.5, 0.6) is 0 Å². The summed E-state index contributed by atoms with van der Waals surface area (Å²) in [5.74, 6) is 0.861. The van der Waals surface area contributed by atoms with Crippen LogP contribution in [0.15, 0.2) is 30.3 Å². The van der Waals surface area contributed by atoms with Crippen LogP contribution >= 0.6 is 0 Å². The second kappa shape index (κ2) is 10.2. The first-order valence-corrected chi connectivity index (χ1v) is 11.6. The normalized spacial score (nSPS) is 23.1. The summed E-state index contributed by atoms with van der Waals surface area (Å²) in [5.41, 5.74) is 6.61. The van der Waals surface area contributed by atoms with E-state index in [2.05, 4.69) is 35.6 Å². The van der Waals surface area contributed by atoms with Crippen molar-refractivity contribution in [1.29, 1.82) is 0 Å². The largest absolute Gasteiger partial charge is 0.352 e. The standard InChI is InChI=1S/C12H16.C9H17N3O2S/c1-3-7-11(8-4-1)12-9-5-2-6-10-12;10-9(13)11-7-3-5-12(6-4-7)15(14)8-1-2-8/h1,3-4,7-8,12H,2,5-6,9-10H2;7-8H,1-6H2,(H3,10,11,13). The van der Waals surface area contributed by atoms with Crippen LogP contribution in [0.3, 0.4) is 0 Å². The summed E-state index contributed by atoms with van der Waals surface area (Å²) in [5, 5.41) is 3.11. The average molecular weight is 392 g/mol. The average Bonchev–Trinajstić information content (AvgIpc) is 3.55. The molecule has 27 heavy (non-hydrogen) atoms. The van der Waals surface area contributed by atoms with Crippen molar-refractivity contribution in [2.75, 3.05) is 13.1 Å². The van der Waals surface area contributed by atoms with E-state index in [-0.39, 0.29) is 6.04 Å². The molecule has 2 saturated carbocycles. The van der Waals surface area contributed by atoms with Crippen molar-refractivity contribution in [3.8, 4) is 0 Å². The molecule has 0 spiro atoms. The quantitative estimate of drug-likeness (QED) is 0.821. The van der Waals surface area contributed by atoms with Crippen LogP contribution < -0.4 is 11.1 Å². The number of carbonyl (C=O) groups is 1. The number of nitrogens with one attached hydrogen (secondary N) is 1. The van der Waals surface area contributed by atoms with E-state index >= 15 is 0 Å². The zero-order valence-corrected chi connectivity index (χ0v) is 17.0. The van der Waals surface area contributed by atoms with E-state index in [1.807, 2.05) is 4.31 Å². The molecular formula is C21H33N3O2S. The zero-order chi connectivity index (χ0) is 19.1. The van der Waals surface area contributed by atoms with Gasteiger partial charge in [-0.2, -0.15) is 0 Å². The Morgan fingerprint density at radius 1 is 0.963 bits per heavy atom. The van der Waals surface area contributed by atoms with Gasteiger partial charge in [-0.25, -0.2) is 13.3 Å². The Bertz CT molecular complexity index is 607. The molecule has 150 valence electrons. The molecule has 5 nitrogen and oxygen atoms in total. The third-order valence-electron chi connectivity index (χ3n) is 5.74. The van der Waals surface area contributed by atoms with Gasteiger partial charge in [-0.3, -0.25) is 0 Å². The minimum absolute atomic E-state index is 0.162. The Hall–Kier alpha value is -1.40. The van der Waals surface area contributed by atoms with E-state index < -0.39 is 17.0 Å². The van der Waals surface area contributed by atoms with Crippen molar-refractivity contribution >= 4 is 17.0 Å². The Morgan fingerprint density at radius 3 is 2.15 bits per heavy atom. The molecule has 3 N–H and O–H groups in total. The van der Waals surface area contributed by atoms with Gasteiger partial charge >= 0.3 is 6.03 Å². The van der Waals surface area contributed by atoms with Crippen LogP contribution in [-0.2, 0) is 11.0 Å². The van der Waals surface area contributed by atoms with Gasteiger partial charge in [0.05, 0.1) is 11.0 Å². The summed E-state index contributed by atoms with van der Waals surface area (Å²) >= 11 is 0. The Kier molecular flexibility index (Phi) is 7.70. The number of primary amides is 1. The van der Waals surface area contributed by atoms with Crippen LogP contribution in [0, 0.1) is 0 Å².